The fourth-order valence-electron chi connectivity index (χ4n) is 1.95. The maximum atomic E-state index is 12.2. The van der Waals surface area contributed by atoms with Crippen molar-refractivity contribution in [1.82, 2.24) is 14.7 Å². The lowest BCUT2D eigenvalue weighted by molar-refractivity contribution is 0.0756. The van der Waals surface area contributed by atoms with Crippen LogP contribution in [0.5, 0.6) is 0 Å². The van der Waals surface area contributed by atoms with E-state index >= 15 is 0 Å². The predicted octanol–water partition coefficient (Wildman–Crippen LogP) is 0.794. The maximum Gasteiger partial charge on any atom is 0.274 e. The molecule has 1 aliphatic heterocycles. The molecule has 2 N–H and O–H groups in total. The first-order chi connectivity index (χ1) is 7.59. The molecule has 0 unspecified atom stereocenters. The Balaban J connectivity index is 2.23. The molecule has 86 valence electrons. The zero-order valence-electron chi connectivity index (χ0n) is 9.60. The van der Waals surface area contributed by atoms with Crippen molar-refractivity contribution in [2.75, 3.05) is 18.8 Å². The Morgan fingerprint density at radius 2 is 2.31 bits per heavy atom. The summed E-state index contributed by atoms with van der Waals surface area (Å²) in [6.45, 7) is 3.47. The zero-order chi connectivity index (χ0) is 11.7. The molecule has 0 saturated carbocycles. The molecule has 1 aromatic rings. The number of hydrogen-bond donors (Lipinski definition) is 1. The fourth-order valence-corrected chi connectivity index (χ4v) is 1.95. The number of hydrogen-bond acceptors (Lipinski definition) is 3. The van der Waals surface area contributed by atoms with Crippen molar-refractivity contribution in [2.24, 2.45) is 7.05 Å². The zero-order valence-corrected chi connectivity index (χ0v) is 9.60. The van der Waals surface area contributed by atoms with Crippen LogP contribution >= 0.6 is 0 Å². The Kier molecular flexibility index (Phi) is 2.68. The third-order valence-electron chi connectivity index (χ3n) is 2.79. The van der Waals surface area contributed by atoms with E-state index in [-0.39, 0.29) is 5.91 Å². The molecule has 5 heteroatoms. The SMILES string of the molecule is CC1=CCCN(C(=O)c2c(N)cnn2C)C1. The normalized spacial score (nSPS) is 16.1. The van der Waals surface area contributed by atoms with Crippen LogP contribution in [0.1, 0.15) is 23.8 Å². The lowest BCUT2D eigenvalue weighted by atomic mass is 10.1. The van der Waals surface area contributed by atoms with Crippen LogP contribution in [-0.2, 0) is 7.05 Å². The second-order valence-corrected chi connectivity index (χ2v) is 4.14. The molecule has 0 saturated heterocycles. The third kappa shape index (κ3) is 1.80. The van der Waals surface area contributed by atoms with Gasteiger partial charge in [0.1, 0.15) is 5.69 Å². The lowest BCUT2D eigenvalue weighted by Gasteiger charge is -2.26. The van der Waals surface area contributed by atoms with Crippen LogP contribution in [-0.4, -0.2) is 33.7 Å². The summed E-state index contributed by atoms with van der Waals surface area (Å²) in [5, 5.41) is 3.98. The molecule has 2 heterocycles. The van der Waals surface area contributed by atoms with E-state index in [1.54, 1.807) is 7.05 Å². The van der Waals surface area contributed by atoms with E-state index in [0.717, 1.165) is 13.0 Å². The van der Waals surface area contributed by atoms with Crippen LogP contribution in [0.3, 0.4) is 0 Å². The first-order valence-corrected chi connectivity index (χ1v) is 5.32. The highest BCUT2D eigenvalue weighted by atomic mass is 16.2. The van der Waals surface area contributed by atoms with Crippen molar-refractivity contribution in [3.63, 3.8) is 0 Å². The average molecular weight is 220 g/mol. The highest BCUT2D eigenvalue weighted by molar-refractivity contribution is 5.97. The molecular formula is C11H16N4O. The van der Waals surface area contributed by atoms with Crippen molar-refractivity contribution in [2.45, 2.75) is 13.3 Å². The van der Waals surface area contributed by atoms with Gasteiger partial charge in [-0.1, -0.05) is 11.6 Å². The van der Waals surface area contributed by atoms with Gasteiger partial charge in [0, 0.05) is 20.1 Å². The number of amides is 1. The van der Waals surface area contributed by atoms with Gasteiger partial charge in [-0.2, -0.15) is 5.10 Å². The van der Waals surface area contributed by atoms with Gasteiger partial charge in [-0.15, -0.1) is 0 Å². The molecule has 0 aromatic carbocycles. The predicted molar refractivity (Wildman–Crippen MR) is 61.9 cm³/mol. The van der Waals surface area contributed by atoms with Crippen molar-refractivity contribution in [3.05, 3.63) is 23.5 Å². The second-order valence-electron chi connectivity index (χ2n) is 4.14. The molecule has 0 radical (unpaired) electrons. The number of aromatic nitrogens is 2. The van der Waals surface area contributed by atoms with Crippen LogP contribution in [0.4, 0.5) is 5.69 Å². The number of nitrogens with zero attached hydrogens (tertiary/aromatic N) is 3. The summed E-state index contributed by atoms with van der Waals surface area (Å²) in [6, 6.07) is 0. The molecular weight excluding hydrogens is 204 g/mol. The summed E-state index contributed by atoms with van der Waals surface area (Å²) < 4.78 is 1.53. The highest BCUT2D eigenvalue weighted by Crippen LogP contribution is 2.16. The van der Waals surface area contributed by atoms with Crippen molar-refractivity contribution >= 4 is 11.6 Å². The summed E-state index contributed by atoms with van der Waals surface area (Å²) >= 11 is 0. The van der Waals surface area contributed by atoms with Gasteiger partial charge < -0.3 is 10.6 Å². The Labute approximate surface area is 94.5 Å². The standard InChI is InChI=1S/C11H16N4O/c1-8-4-3-5-15(7-8)11(16)10-9(12)6-13-14(10)2/h4,6H,3,5,7,12H2,1-2H3. The Morgan fingerprint density at radius 3 is 2.88 bits per heavy atom. The minimum absolute atomic E-state index is 0.0371. The van der Waals surface area contributed by atoms with E-state index in [2.05, 4.69) is 11.2 Å². The number of carbonyl (C=O) groups is 1. The number of nitrogens with two attached hydrogens (primary N) is 1. The van der Waals surface area contributed by atoms with E-state index in [1.807, 2.05) is 11.8 Å². The van der Waals surface area contributed by atoms with E-state index in [4.69, 9.17) is 5.73 Å². The molecule has 16 heavy (non-hydrogen) atoms. The van der Waals surface area contributed by atoms with Gasteiger partial charge >= 0.3 is 0 Å². The fraction of sp³-hybridized carbons (Fsp3) is 0.455. The third-order valence-corrected chi connectivity index (χ3v) is 2.79. The number of nitrogen functional groups attached to an aromatic ring is 1. The Bertz CT molecular complexity index is 427. The molecule has 0 fully saturated rings. The number of aryl methyl sites for hydroxylation is 1. The van der Waals surface area contributed by atoms with Gasteiger partial charge in [0.2, 0.25) is 0 Å². The molecule has 1 amide bonds. The van der Waals surface area contributed by atoms with Crippen molar-refractivity contribution in [3.8, 4) is 0 Å². The summed E-state index contributed by atoms with van der Waals surface area (Å²) in [5.74, 6) is -0.0371. The first kappa shape index (κ1) is 10.7. The largest absolute Gasteiger partial charge is 0.396 e. The van der Waals surface area contributed by atoms with E-state index in [0.29, 0.717) is 17.9 Å². The summed E-state index contributed by atoms with van der Waals surface area (Å²) in [6.07, 6.45) is 4.59. The van der Waals surface area contributed by atoms with E-state index in [1.165, 1.54) is 16.5 Å². The maximum absolute atomic E-state index is 12.2. The molecule has 1 aliphatic rings. The van der Waals surface area contributed by atoms with Gasteiger partial charge in [-0.25, -0.2) is 0 Å². The van der Waals surface area contributed by atoms with Gasteiger partial charge in [-0.05, 0) is 13.3 Å². The molecule has 0 bridgehead atoms. The van der Waals surface area contributed by atoms with Gasteiger partial charge in [-0.3, -0.25) is 9.48 Å². The smallest absolute Gasteiger partial charge is 0.274 e. The van der Waals surface area contributed by atoms with Crippen LogP contribution in [0.25, 0.3) is 0 Å². The topological polar surface area (TPSA) is 64.2 Å². The van der Waals surface area contributed by atoms with Crippen molar-refractivity contribution < 1.29 is 4.79 Å². The monoisotopic (exact) mass is 220 g/mol. The van der Waals surface area contributed by atoms with Crippen LogP contribution in [0.15, 0.2) is 17.8 Å². The number of rotatable bonds is 1. The second kappa shape index (κ2) is 4.00. The molecule has 5 nitrogen and oxygen atoms in total. The molecule has 1 aromatic heterocycles. The highest BCUT2D eigenvalue weighted by Gasteiger charge is 2.22. The quantitative estimate of drug-likeness (QED) is 0.712. The van der Waals surface area contributed by atoms with Crippen LogP contribution in [0.2, 0.25) is 0 Å². The van der Waals surface area contributed by atoms with E-state index in [9.17, 15) is 4.79 Å². The first-order valence-electron chi connectivity index (χ1n) is 5.32. The minimum Gasteiger partial charge on any atom is -0.396 e. The average Bonchev–Trinajstić information content (AvgIpc) is 2.58. The van der Waals surface area contributed by atoms with Gasteiger partial charge in [0.15, 0.2) is 0 Å². The lowest BCUT2D eigenvalue weighted by Crippen LogP contribution is -2.36. The molecule has 0 aliphatic carbocycles. The number of anilines is 1. The summed E-state index contributed by atoms with van der Waals surface area (Å²) in [4.78, 5) is 14.0. The molecule has 0 atom stereocenters. The molecule has 2 rings (SSSR count). The minimum atomic E-state index is -0.0371. The Morgan fingerprint density at radius 1 is 1.56 bits per heavy atom. The van der Waals surface area contributed by atoms with Gasteiger partial charge in [0.25, 0.3) is 5.91 Å². The molecule has 0 spiro atoms. The van der Waals surface area contributed by atoms with Crippen LogP contribution in [0, 0.1) is 0 Å². The van der Waals surface area contributed by atoms with Crippen LogP contribution < -0.4 is 5.73 Å². The Hall–Kier alpha value is -1.78. The van der Waals surface area contributed by atoms with Gasteiger partial charge in [0.05, 0.1) is 11.9 Å². The number of carbonyl (C=O) groups excluding carboxylic acids is 1. The summed E-state index contributed by atoms with van der Waals surface area (Å²) in [7, 11) is 1.73. The van der Waals surface area contributed by atoms with E-state index < -0.39 is 0 Å². The van der Waals surface area contributed by atoms with Crippen molar-refractivity contribution in [1.29, 1.82) is 0 Å². The summed E-state index contributed by atoms with van der Waals surface area (Å²) in [5.41, 5.74) is 7.89.